The van der Waals surface area contributed by atoms with Gasteiger partial charge in [-0.05, 0) is 26.3 Å². The molecule has 76 valence electrons. The minimum absolute atomic E-state index is 0.753. The molecule has 6 heteroatoms. The molecule has 0 unspecified atom stereocenters. The summed E-state index contributed by atoms with van der Waals surface area (Å²) in [7, 11) is 0. The number of aromatic nitrogens is 4. The van der Waals surface area contributed by atoms with E-state index in [0.717, 1.165) is 41.6 Å². The van der Waals surface area contributed by atoms with Gasteiger partial charge < -0.3 is 5.73 Å². The Bertz CT molecular complexity index is 418. The molecule has 2 rings (SSSR count). The Morgan fingerprint density at radius 3 is 2.93 bits per heavy atom. The molecule has 0 fully saturated rings. The Balaban J connectivity index is 2.11. The van der Waals surface area contributed by atoms with Crippen molar-refractivity contribution in [1.82, 2.24) is 19.8 Å². The third kappa shape index (κ3) is 1.76. The van der Waals surface area contributed by atoms with Crippen LogP contribution in [0.1, 0.15) is 23.7 Å². The van der Waals surface area contributed by atoms with Crippen molar-refractivity contribution in [3.05, 3.63) is 10.8 Å². The quantitative estimate of drug-likeness (QED) is 0.759. The maximum absolute atomic E-state index is 5.43. The zero-order chi connectivity index (χ0) is 9.97. The van der Waals surface area contributed by atoms with Gasteiger partial charge in [-0.1, -0.05) is 11.3 Å². The van der Waals surface area contributed by atoms with Gasteiger partial charge in [0.25, 0.3) is 0 Å². The van der Waals surface area contributed by atoms with Gasteiger partial charge in [0, 0.05) is 6.42 Å². The van der Waals surface area contributed by atoms with Gasteiger partial charge in [0.05, 0.1) is 0 Å². The highest BCUT2D eigenvalue weighted by Crippen LogP contribution is 2.15. The summed E-state index contributed by atoms with van der Waals surface area (Å²) >= 11 is 1.61. The van der Waals surface area contributed by atoms with Crippen molar-refractivity contribution in [1.29, 1.82) is 0 Å². The van der Waals surface area contributed by atoms with Gasteiger partial charge in [0.1, 0.15) is 5.01 Å². The molecule has 0 atom stereocenters. The van der Waals surface area contributed by atoms with Crippen LogP contribution in [0.2, 0.25) is 0 Å². The minimum Gasteiger partial charge on any atom is -0.330 e. The number of rotatable bonds is 4. The molecule has 2 aromatic heterocycles. The Morgan fingerprint density at radius 2 is 2.21 bits per heavy atom. The number of hydrogen-bond donors (Lipinski definition) is 1. The molecule has 0 aliphatic carbocycles. The lowest BCUT2D eigenvalue weighted by Gasteiger charge is -1.92. The molecule has 0 saturated carbocycles. The molecule has 0 radical (unpaired) electrons. The van der Waals surface area contributed by atoms with Gasteiger partial charge in [-0.2, -0.15) is 9.61 Å². The summed E-state index contributed by atoms with van der Waals surface area (Å²) in [6, 6.07) is 0. The molecule has 2 heterocycles. The van der Waals surface area contributed by atoms with Crippen LogP contribution in [0.15, 0.2) is 0 Å². The normalized spacial score (nSPS) is 11.3. The predicted molar refractivity (Wildman–Crippen MR) is 55.4 cm³/mol. The molecule has 0 aromatic carbocycles. The summed E-state index contributed by atoms with van der Waals surface area (Å²) in [5.41, 5.74) is 5.43. The van der Waals surface area contributed by atoms with Gasteiger partial charge >= 0.3 is 0 Å². The highest BCUT2D eigenvalue weighted by atomic mass is 32.1. The third-order valence-corrected chi connectivity index (χ3v) is 2.99. The molecule has 0 bridgehead atoms. The lowest BCUT2D eigenvalue weighted by Crippen LogP contribution is -1.99. The first-order valence-corrected chi connectivity index (χ1v) is 5.50. The average molecular weight is 211 g/mol. The van der Waals surface area contributed by atoms with Crippen molar-refractivity contribution >= 4 is 16.3 Å². The number of hydrogen-bond acceptors (Lipinski definition) is 5. The molecule has 0 aliphatic rings. The summed E-state index contributed by atoms with van der Waals surface area (Å²) < 4.78 is 1.79. The van der Waals surface area contributed by atoms with Gasteiger partial charge in [-0.3, -0.25) is 0 Å². The number of unbranched alkanes of at least 4 members (excludes halogenated alkanes) is 1. The second kappa shape index (κ2) is 4.02. The van der Waals surface area contributed by atoms with Crippen molar-refractivity contribution in [2.45, 2.75) is 26.2 Å². The van der Waals surface area contributed by atoms with E-state index in [1.54, 1.807) is 15.9 Å². The van der Waals surface area contributed by atoms with E-state index in [-0.39, 0.29) is 0 Å². The highest BCUT2D eigenvalue weighted by Gasteiger charge is 2.07. The van der Waals surface area contributed by atoms with E-state index in [0.29, 0.717) is 0 Å². The lowest BCUT2D eigenvalue weighted by molar-refractivity contribution is 0.727. The van der Waals surface area contributed by atoms with Crippen LogP contribution >= 0.6 is 11.3 Å². The summed E-state index contributed by atoms with van der Waals surface area (Å²) in [6.45, 7) is 2.66. The largest absolute Gasteiger partial charge is 0.330 e. The molecule has 0 saturated heterocycles. The second-order valence-corrected chi connectivity index (χ2v) is 4.22. The van der Waals surface area contributed by atoms with E-state index in [1.807, 2.05) is 6.92 Å². The van der Waals surface area contributed by atoms with Crippen LogP contribution in [0.5, 0.6) is 0 Å². The van der Waals surface area contributed by atoms with Crippen LogP contribution in [0, 0.1) is 6.92 Å². The third-order valence-electron chi connectivity index (χ3n) is 2.03. The lowest BCUT2D eigenvalue weighted by atomic mass is 10.2. The van der Waals surface area contributed by atoms with Crippen molar-refractivity contribution in [3.63, 3.8) is 0 Å². The minimum atomic E-state index is 0.753. The van der Waals surface area contributed by atoms with Gasteiger partial charge in [0.2, 0.25) is 4.96 Å². The van der Waals surface area contributed by atoms with E-state index in [2.05, 4.69) is 15.3 Å². The van der Waals surface area contributed by atoms with E-state index < -0.39 is 0 Å². The van der Waals surface area contributed by atoms with E-state index in [9.17, 15) is 0 Å². The molecule has 2 aromatic rings. The fourth-order valence-corrected chi connectivity index (χ4v) is 2.20. The Hall–Kier alpha value is -1.01. The molecule has 0 spiro atoms. The highest BCUT2D eigenvalue weighted by molar-refractivity contribution is 7.16. The van der Waals surface area contributed by atoms with Crippen molar-refractivity contribution in [2.24, 2.45) is 5.73 Å². The molecular weight excluding hydrogens is 198 g/mol. The first-order valence-electron chi connectivity index (χ1n) is 4.69. The van der Waals surface area contributed by atoms with Gasteiger partial charge in [-0.25, -0.2) is 0 Å². The van der Waals surface area contributed by atoms with Crippen LogP contribution in [-0.4, -0.2) is 26.4 Å². The monoisotopic (exact) mass is 211 g/mol. The molecule has 0 aliphatic heterocycles. The topological polar surface area (TPSA) is 69.1 Å². The number of fused-ring (bicyclic) bond motifs is 1. The van der Waals surface area contributed by atoms with Crippen LogP contribution < -0.4 is 5.73 Å². The van der Waals surface area contributed by atoms with Gasteiger partial charge in [-0.15, -0.1) is 10.2 Å². The fourth-order valence-electron chi connectivity index (χ4n) is 1.28. The smallest absolute Gasteiger partial charge is 0.234 e. The van der Waals surface area contributed by atoms with E-state index in [1.165, 1.54) is 0 Å². The van der Waals surface area contributed by atoms with E-state index in [4.69, 9.17) is 5.73 Å². The van der Waals surface area contributed by atoms with E-state index >= 15 is 0 Å². The second-order valence-electron chi connectivity index (χ2n) is 3.18. The summed E-state index contributed by atoms with van der Waals surface area (Å²) in [5, 5.41) is 13.5. The number of nitrogens with zero attached hydrogens (tertiary/aromatic N) is 4. The fraction of sp³-hybridized carbons (Fsp3) is 0.625. The first kappa shape index (κ1) is 9.54. The maximum Gasteiger partial charge on any atom is 0.234 e. The van der Waals surface area contributed by atoms with Crippen LogP contribution in [-0.2, 0) is 6.42 Å². The van der Waals surface area contributed by atoms with Crippen LogP contribution in [0.25, 0.3) is 4.96 Å². The maximum atomic E-state index is 5.43. The van der Waals surface area contributed by atoms with Crippen LogP contribution in [0.4, 0.5) is 0 Å². The summed E-state index contributed by atoms with van der Waals surface area (Å²) in [6.07, 6.45) is 3.14. The molecule has 2 N–H and O–H groups in total. The van der Waals surface area contributed by atoms with Crippen molar-refractivity contribution in [3.8, 4) is 0 Å². The Labute approximate surface area is 86.0 Å². The molecule has 14 heavy (non-hydrogen) atoms. The number of nitrogens with two attached hydrogens (primary N) is 1. The molecular formula is C8H13N5S. The van der Waals surface area contributed by atoms with Crippen molar-refractivity contribution in [2.75, 3.05) is 6.54 Å². The average Bonchev–Trinajstić information content (AvgIpc) is 2.70. The predicted octanol–water partition coefficient (Wildman–Crippen LogP) is 0.776. The molecule has 0 amide bonds. The zero-order valence-electron chi connectivity index (χ0n) is 8.10. The number of aryl methyl sites for hydroxylation is 2. The molecule has 5 nitrogen and oxygen atoms in total. The van der Waals surface area contributed by atoms with Crippen molar-refractivity contribution < 1.29 is 0 Å². The summed E-state index contributed by atoms with van der Waals surface area (Å²) in [5.74, 6) is 0.848. The first-order chi connectivity index (χ1) is 6.81. The standard InChI is InChI=1S/C8H13N5S/c1-6-10-11-8-13(6)12-7(14-8)4-2-3-5-9/h2-5,9H2,1H3. The summed E-state index contributed by atoms with van der Waals surface area (Å²) in [4.78, 5) is 0.880. The Morgan fingerprint density at radius 1 is 1.36 bits per heavy atom. The zero-order valence-corrected chi connectivity index (χ0v) is 8.92. The SMILES string of the molecule is Cc1nnc2sc(CCCCN)nn12. The van der Waals surface area contributed by atoms with Crippen LogP contribution in [0.3, 0.4) is 0 Å². The Kier molecular flexibility index (Phi) is 2.74. The van der Waals surface area contributed by atoms with Gasteiger partial charge in [0.15, 0.2) is 5.82 Å².